The maximum atomic E-state index is 12.7. The van der Waals surface area contributed by atoms with Crippen molar-refractivity contribution in [1.82, 2.24) is 0 Å². The predicted molar refractivity (Wildman–Crippen MR) is 104 cm³/mol. The molecule has 2 aromatic rings. The summed E-state index contributed by atoms with van der Waals surface area (Å²) in [4.78, 5) is 2.14. The fourth-order valence-corrected chi connectivity index (χ4v) is 3.38. The largest absolute Gasteiger partial charge is 0.416 e. The number of aliphatic hydroxyl groups excluding tert-OH is 1. The van der Waals surface area contributed by atoms with Crippen LogP contribution in [0.5, 0.6) is 0 Å². The first kappa shape index (κ1) is 21.5. The van der Waals surface area contributed by atoms with Crippen LogP contribution in [0.3, 0.4) is 0 Å². The van der Waals surface area contributed by atoms with Gasteiger partial charge in [-0.2, -0.15) is 13.2 Å². The monoisotopic (exact) mass is 395 g/mol. The van der Waals surface area contributed by atoms with Gasteiger partial charge in [0.15, 0.2) is 0 Å². The second kappa shape index (κ2) is 9.41. The number of hydrogen-bond acceptors (Lipinski definition) is 3. The normalized spacial score (nSPS) is 13.7. The molecular weight excluding hydrogens is 371 g/mol. The number of benzene rings is 1. The number of halogens is 3. The lowest BCUT2D eigenvalue weighted by atomic mass is 9.98. The number of hydrogen-bond donors (Lipinski definition) is 2. The molecule has 0 bridgehead atoms. The Hall–Kier alpha value is -1.81. The van der Waals surface area contributed by atoms with Gasteiger partial charge in [-0.1, -0.05) is 30.0 Å². The van der Waals surface area contributed by atoms with Crippen LogP contribution in [-0.2, 0) is 19.0 Å². The van der Waals surface area contributed by atoms with E-state index in [0.29, 0.717) is 31.2 Å². The number of rotatable bonds is 7. The lowest BCUT2D eigenvalue weighted by molar-refractivity contribution is -0.137. The fraction of sp³-hybridized carbons (Fsp3) is 0.429. The van der Waals surface area contributed by atoms with Gasteiger partial charge in [-0.15, -0.1) is 11.3 Å². The maximum Gasteiger partial charge on any atom is 0.416 e. The van der Waals surface area contributed by atoms with Crippen LogP contribution in [0.4, 0.5) is 13.2 Å². The third-order valence-corrected chi connectivity index (χ3v) is 5.26. The Morgan fingerprint density at radius 1 is 1.15 bits per heavy atom. The lowest BCUT2D eigenvalue weighted by Gasteiger charge is -2.20. The molecule has 146 valence electrons. The zero-order chi connectivity index (χ0) is 19.9. The van der Waals surface area contributed by atoms with Gasteiger partial charge in [0, 0.05) is 16.8 Å². The molecule has 0 radical (unpaired) electrons. The van der Waals surface area contributed by atoms with Crippen LogP contribution in [-0.4, -0.2) is 17.3 Å². The third kappa shape index (κ3) is 7.37. The summed E-state index contributed by atoms with van der Waals surface area (Å²) in [6.07, 6.45) is -0.873. The summed E-state index contributed by atoms with van der Waals surface area (Å²) >= 11 is 1.61. The smallest absolute Gasteiger partial charge is 0.394 e. The van der Waals surface area contributed by atoms with Crippen molar-refractivity contribution in [2.45, 2.75) is 50.7 Å². The van der Waals surface area contributed by atoms with Crippen molar-refractivity contribution in [1.29, 1.82) is 0 Å². The van der Waals surface area contributed by atoms with Gasteiger partial charge in [0.2, 0.25) is 0 Å². The Bertz CT molecular complexity index is 799. The van der Waals surface area contributed by atoms with E-state index in [4.69, 9.17) is 5.73 Å². The number of nitrogens with two attached hydrogens (primary N) is 1. The minimum absolute atomic E-state index is 0.0447. The van der Waals surface area contributed by atoms with Gasteiger partial charge in [0.25, 0.3) is 0 Å². The van der Waals surface area contributed by atoms with Crippen LogP contribution < -0.4 is 5.73 Å². The Labute approximate surface area is 162 Å². The van der Waals surface area contributed by atoms with E-state index in [9.17, 15) is 18.3 Å². The van der Waals surface area contributed by atoms with E-state index in [2.05, 4.69) is 11.8 Å². The molecule has 0 saturated carbocycles. The molecule has 0 amide bonds. The molecule has 1 unspecified atom stereocenters. The summed E-state index contributed by atoms with van der Waals surface area (Å²) in [6.45, 7) is 1.78. The molecule has 3 N–H and O–H groups in total. The van der Waals surface area contributed by atoms with Crippen molar-refractivity contribution < 1.29 is 18.3 Å². The summed E-state index contributed by atoms with van der Waals surface area (Å²) in [5, 5.41) is 9.18. The van der Waals surface area contributed by atoms with Gasteiger partial charge >= 0.3 is 6.18 Å². The number of aliphatic hydroxyl groups is 1. The van der Waals surface area contributed by atoms with E-state index in [0.717, 1.165) is 17.4 Å². The van der Waals surface area contributed by atoms with Crippen LogP contribution in [0.1, 0.15) is 47.1 Å². The quantitative estimate of drug-likeness (QED) is 0.523. The minimum Gasteiger partial charge on any atom is -0.394 e. The van der Waals surface area contributed by atoms with Gasteiger partial charge in [-0.05, 0) is 56.4 Å². The summed E-state index contributed by atoms with van der Waals surface area (Å²) in [5.74, 6) is 6.19. The minimum atomic E-state index is -4.30. The van der Waals surface area contributed by atoms with Crippen LogP contribution >= 0.6 is 11.3 Å². The number of unbranched alkanes of at least 4 members (excludes halogenated alkanes) is 1. The van der Waals surface area contributed by atoms with E-state index < -0.39 is 17.3 Å². The highest BCUT2D eigenvalue weighted by atomic mass is 32.1. The molecule has 0 aliphatic rings. The molecule has 0 fully saturated rings. The predicted octanol–water partition coefficient (Wildman–Crippen LogP) is 4.78. The summed E-state index contributed by atoms with van der Waals surface area (Å²) < 4.78 is 38.1. The lowest BCUT2D eigenvalue weighted by Crippen LogP contribution is -2.40. The van der Waals surface area contributed by atoms with Crippen molar-refractivity contribution in [2.75, 3.05) is 6.61 Å². The first-order valence-corrected chi connectivity index (χ1v) is 9.65. The average Bonchev–Trinajstić information content (AvgIpc) is 3.07. The average molecular weight is 395 g/mol. The van der Waals surface area contributed by atoms with Gasteiger partial charge in [-0.3, -0.25) is 0 Å². The molecule has 27 heavy (non-hydrogen) atoms. The highest BCUT2D eigenvalue weighted by Crippen LogP contribution is 2.29. The molecule has 6 heteroatoms. The number of aryl methyl sites for hydroxylation is 2. The van der Waals surface area contributed by atoms with Crippen LogP contribution in [0, 0.1) is 11.8 Å². The van der Waals surface area contributed by atoms with E-state index in [1.54, 1.807) is 17.4 Å². The summed E-state index contributed by atoms with van der Waals surface area (Å²) in [6, 6.07) is 9.44. The third-order valence-electron chi connectivity index (χ3n) is 4.20. The SMILES string of the molecule is CC(N)(CO)CCc1ccc(C#CCCCc2cccc(C(F)(F)F)c2)s1. The zero-order valence-corrected chi connectivity index (χ0v) is 16.1. The van der Waals surface area contributed by atoms with E-state index >= 15 is 0 Å². The maximum absolute atomic E-state index is 12.7. The first-order chi connectivity index (χ1) is 12.7. The van der Waals surface area contributed by atoms with Crippen molar-refractivity contribution in [3.05, 3.63) is 57.3 Å². The van der Waals surface area contributed by atoms with E-state index in [1.165, 1.54) is 17.0 Å². The molecule has 2 nitrogen and oxygen atoms in total. The Morgan fingerprint density at radius 3 is 2.63 bits per heavy atom. The van der Waals surface area contributed by atoms with Gasteiger partial charge in [-0.25, -0.2) is 0 Å². The number of alkyl halides is 3. The standard InChI is InChI=1S/C21H24F3NOS/c1-20(25,15-26)13-12-19-11-10-18(27-19)9-4-2-3-6-16-7-5-8-17(14-16)21(22,23)24/h5,7-8,10-11,14,26H,2-3,6,12-13,15,25H2,1H3. The topological polar surface area (TPSA) is 46.2 Å². The fourth-order valence-electron chi connectivity index (χ4n) is 2.50. The molecule has 0 aliphatic carbocycles. The van der Waals surface area contributed by atoms with E-state index in [1.807, 2.05) is 19.1 Å². The first-order valence-electron chi connectivity index (χ1n) is 8.83. The molecule has 1 heterocycles. The molecule has 0 saturated heterocycles. The van der Waals surface area contributed by atoms with Crippen LogP contribution in [0.2, 0.25) is 0 Å². The second-order valence-electron chi connectivity index (χ2n) is 6.93. The molecule has 0 aliphatic heterocycles. The van der Waals surface area contributed by atoms with Crippen molar-refractivity contribution in [3.63, 3.8) is 0 Å². The molecule has 1 atom stereocenters. The van der Waals surface area contributed by atoms with Crippen LogP contribution in [0.15, 0.2) is 36.4 Å². The summed E-state index contributed by atoms with van der Waals surface area (Å²) in [5.41, 5.74) is 5.43. The molecule has 0 spiro atoms. The molecule has 1 aromatic carbocycles. The van der Waals surface area contributed by atoms with Gasteiger partial charge < -0.3 is 10.8 Å². The summed E-state index contributed by atoms with van der Waals surface area (Å²) in [7, 11) is 0. The Kier molecular flexibility index (Phi) is 7.49. The van der Waals surface area contributed by atoms with Crippen molar-refractivity contribution in [2.24, 2.45) is 5.73 Å². The highest BCUT2D eigenvalue weighted by Gasteiger charge is 2.30. The van der Waals surface area contributed by atoms with Gasteiger partial charge in [0.05, 0.1) is 17.0 Å². The Balaban J connectivity index is 1.80. The van der Waals surface area contributed by atoms with Crippen molar-refractivity contribution >= 4 is 11.3 Å². The second-order valence-corrected chi connectivity index (χ2v) is 8.10. The van der Waals surface area contributed by atoms with Crippen LogP contribution in [0.25, 0.3) is 0 Å². The molecular formula is C21H24F3NOS. The Morgan fingerprint density at radius 2 is 1.93 bits per heavy atom. The van der Waals surface area contributed by atoms with Crippen molar-refractivity contribution in [3.8, 4) is 11.8 Å². The zero-order valence-electron chi connectivity index (χ0n) is 15.3. The van der Waals surface area contributed by atoms with Gasteiger partial charge in [0.1, 0.15) is 0 Å². The molecule has 2 rings (SSSR count). The highest BCUT2D eigenvalue weighted by molar-refractivity contribution is 7.12. The van der Waals surface area contributed by atoms with E-state index in [-0.39, 0.29) is 6.61 Å². The number of thiophene rings is 1. The molecule has 1 aromatic heterocycles.